The van der Waals surface area contributed by atoms with Gasteiger partial charge in [-0.1, -0.05) is 80.6 Å². The smallest absolute Gasteiger partial charge is 0.410 e. The summed E-state index contributed by atoms with van der Waals surface area (Å²) in [5, 5.41) is 13.2. The lowest BCUT2D eigenvalue weighted by Gasteiger charge is -2.34. The molecule has 1 saturated heterocycles. The summed E-state index contributed by atoms with van der Waals surface area (Å²) in [6, 6.07) is 17.6. The molecule has 380 valence electrons. The Bertz CT molecular complexity index is 2660. The third-order valence-corrected chi connectivity index (χ3v) is 13.3. The van der Waals surface area contributed by atoms with Crippen molar-refractivity contribution in [2.75, 3.05) is 25.6 Å². The first-order valence-corrected chi connectivity index (χ1v) is 25.6. The molecular formula is C53H69N9O8S. The quantitative estimate of drug-likeness (QED) is 0.0486. The Morgan fingerprint density at radius 3 is 1.83 bits per heavy atom. The minimum atomic E-state index is -1.27. The van der Waals surface area contributed by atoms with E-state index in [1.807, 2.05) is 99.0 Å². The molecule has 3 aromatic carbocycles. The number of nitrogens with zero attached hydrogens (tertiary/aromatic N) is 2. The molecule has 0 bridgehead atoms. The van der Waals surface area contributed by atoms with Crippen LogP contribution in [0.4, 0.5) is 4.79 Å². The number of aromatic nitrogens is 2. The number of nitrogens with two attached hydrogens (primary N) is 1. The van der Waals surface area contributed by atoms with Crippen LogP contribution < -0.4 is 27.0 Å². The topological polar surface area (TPSA) is 241 Å². The number of primary amides is 1. The maximum atomic E-state index is 15.1. The molecule has 6 rings (SSSR count). The summed E-state index contributed by atoms with van der Waals surface area (Å²) < 4.78 is 5.67. The minimum Gasteiger partial charge on any atom is -0.444 e. The Hall–Kier alpha value is -6.82. The minimum absolute atomic E-state index is 0.00277. The fourth-order valence-corrected chi connectivity index (χ4v) is 9.43. The number of hydrogen-bond acceptors (Lipinski definition) is 9. The van der Waals surface area contributed by atoms with Crippen LogP contribution in [0.15, 0.2) is 91.3 Å². The average Bonchev–Trinajstić information content (AvgIpc) is 4.10. The number of carbonyl (C=O) groups is 7. The van der Waals surface area contributed by atoms with Crippen LogP contribution in [0, 0.1) is 5.92 Å². The van der Waals surface area contributed by atoms with Gasteiger partial charge < -0.3 is 46.6 Å². The summed E-state index contributed by atoms with van der Waals surface area (Å²) >= 11 is 1.50. The van der Waals surface area contributed by atoms with Gasteiger partial charge in [0.05, 0.1) is 0 Å². The Kier molecular flexibility index (Phi) is 18.4. The van der Waals surface area contributed by atoms with Crippen LogP contribution in [0.25, 0.3) is 21.8 Å². The molecule has 0 aliphatic carbocycles. The first-order chi connectivity index (χ1) is 33.8. The average molecular weight is 992 g/mol. The summed E-state index contributed by atoms with van der Waals surface area (Å²) in [4.78, 5) is 108. The summed E-state index contributed by atoms with van der Waals surface area (Å²) in [6.07, 6.45) is 6.31. The van der Waals surface area contributed by atoms with Crippen LogP contribution in [0.5, 0.6) is 0 Å². The molecule has 18 heteroatoms. The highest BCUT2D eigenvalue weighted by Crippen LogP contribution is 2.26. The van der Waals surface area contributed by atoms with Crippen molar-refractivity contribution in [2.24, 2.45) is 11.7 Å². The Morgan fingerprint density at radius 2 is 1.25 bits per heavy atom. The number of fused-ring (bicyclic) bond motifs is 2. The number of carbonyl (C=O) groups excluding carboxylic acids is 7. The number of H-pyrrole nitrogens is 2. The molecule has 8 N–H and O–H groups in total. The second-order valence-corrected chi connectivity index (χ2v) is 20.7. The highest BCUT2D eigenvalue weighted by Gasteiger charge is 2.42. The number of nitrogens with one attached hydrogen (secondary N) is 6. The van der Waals surface area contributed by atoms with E-state index in [2.05, 4.69) is 31.2 Å². The largest absolute Gasteiger partial charge is 0.444 e. The maximum absolute atomic E-state index is 15.1. The van der Waals surface area contributed by atoms with Crippen molar-refractivity contribution in [1.29, 1.82) is 0 Å². The Morgan fingerprint density at radius 1 is 0.732 bits per heavy atom. The van der Waals surface area contributed by atoms with E-state index in [-0.39, 0.29) is 31.6 Å². The van der Waals surface area contributed by atoms with Crippen molar-refractivity contribution < 1.29 is 38.3 Å². The van der Waals surface area contributed by atoms with Crippen molar-refractivity contribution >= 4 is 75.1 Å². The molecule has 5 aromatic rings. The lowest BCUT2D eigenvalue weighted by molar-refractivity contribution is -0.143. The summed E-state index contributed by atoms with van der Waals surface area (Å²) in [5.74, 6) is -3.23. The molecular weight excluding hydrogens is 923 g/mol. The van der Waals surface area contributed by atoms with E-state index in [4.69, 9.17) is 10.5 Å². The second kappa shape index (κ2) is 24.3. The number of para-hydroxylation sites is 2. The predicted octanol–water partition coefficient (Wildman–Crippen LogP) is 5.13. The van der Waals surface area contributed by atoms with Crippen LogP contribution in [-0.4, -0.2) is 129 Å². The third-order valence-electron chi connectivity index (χ3n) is 12.6. The van der Waals surface area contributed by atoms with Gasteiger partial charge in [-0.05, 0) is 93.2 Å². The number of likely N-dealkylation sites (N-methyl/N-ethyl adjacent to an activating group) is 1. The third kappa shape index (κ3) is 14.4. The van der Waals surface area contributed by atoms with E-state index < -0.39 is 83.4 Å². The lowest BCUT2D eigenvalue weighted by Crippen LogP contribution is -2.60. The summed E-state index contributed by atoms with van der Waals surface area (Å²) in [7, 11) is 1.53. The van der Waals surface area contributed by atoms with Gasteiger partial charge in [-0.3, -0.25) is 33.7 Å². The lowest BCUT2D eigenvalue weighted by atomic mass is 9.99. The standard InChI is InChI=1S/C53H69N9O8S/c1-32(2)26-41(47(64)57-40(46(54)63)23-25-71-7)58-49(66)43(28-34-30-55-38-20-13-11-18-36(34)38)59-48(65)42(27-33-16-9-8-10-17-33)60-50(67)45(29-35-31-56-39-21-14-12-19-37(35)39)61(6)51(68)44-22-15-24-62(44)52(69)70-53(3,4)5/h8-14,16-21,30-32,40-45,55-56H,15,22-29H2,1-7H3,(H2,54,63)(H,57,64)(H,58,66)(H,59,65)(H,60,67)/t40-,41-,42-,43+,44-,45+/m0/s1. The molecule has 2 aromatic heterocycles. The zero-order valence-electron chi connectivity index (χ0n) is 41.7. The predicted molar refractivity (Wildman–Crippen MR) is 276 cm³/mol. The van der Waals surface area contributed by atoms with E-state index in [1.54, 1.807) is 33.2 Å². The Balaban J connectivity index is 1.33. The number of likely N-dealkylation sites (tertiary alicyclic amines) is 1. The number of thioether (sulfide) groups is 1. The molecule has 0 unspecified atom stereocenters. The van der Waals surface area contributed by atoms with Crippen molar-refractivity contribution in [3.8, 4) is 0 Å². The monoisotopic (exact) mass is 991 g/mol. The SMILES string of the molecule is CSCC[C@H](NC(=O)[C@H](CC(C)C)NC(=O)[C@@H](Cc1c[nH]c2ccccc12)NC(=O)[C@H](Cc1ccccc1)NC(=O)[C@@H](Cc1c[nH]c2ccccc12)N(C)C(=O)[C@@H]1CCCN1C(=O)OC(C)(C)C)C(N)=O. The first kappa shape index (κ1) is 53.5. The highest BCUT2D eigenvalue weighted by atomic mass is 32.2. The van der Waals surface area contributed by atoms with Crippen molar-refractivity contribution in [3.05, 3.63) is 108 Å². The number of aromatic amines is 2. The fourth-order valence-electron chi connectivity index (χ4n) is 8.96. The van der Waals surface area contributed by atoms with Crippen molar-refractivity contribution in [2.45, 2.75) is 121 Å². The van der Waals surface area contributed by atoms with E-state index in [0.717, 1.165) is 27.4 Å². The number of hydrogen-bond donors (Lipinski definition) is 7. The van der Waals surface area contributed by atoms with Crippen molar-refractivity contribution in [3.63, 3.8) is 0 Å². The van der Waals surface area contributed by atoms with Crippen molar-refractivity contribution in [1.82, 2.24) is 41.0 Å². The second-order valence-electron chi connectivity index (χ2n) is 19.7. The fraction of sp³-hybridized carbons (Fsp3) is 0.453. The molecule has 0 saturated carbocycles. The van der Waals surface area contributed by atoms with Gasteiger partial charge in [0, 0.05) is 67.1 Å². The zero-order chi connectivity index (χ0) is 51.4. The van der Waals surface area contributed by atoms with Gasteiger partial charge in [0.15, 0.2) is 0 Å². The molecule has 3 heterocycles. The van der Waals surface area contributed by atoms with Crippen LogP contribution >= 0.6 is 11.8 Å². The van der Waals surface area contributed by atoms with Gasteiger partial charge >= 0.3 is 6.09 Å². The van der Waals surface area contributed by atoms with E-state index in [0.29, 0.717) is 42.7 Å². The molecule has 17 nitrogen and oxygen atoms in total. The number of benzene rings is 3. The number of rotatable bonds is 22. The summed E-state index contributed by atoms with van der Waals surface area (Å²) in [6.45, 7) is 9.36. The maximum Gasteiger partial charge on any atom is 0.410 e. The van der Waals surface area contributed by atoms with Gasteiger partial charge in [-0.2, -0.15) is 11.8 Å². The molecule has 1 aliphatic rings. The normalized spacial score (nSPS) is 15.9. The van der Waals surface area contributed by atoms with Crippen LogP contribution in [0.2, 0.25) is 0 Å². The highest BCUT2D eigenvalue weighted by molar-refractivity contribution is 7.98. The molecule has 0 radical (unpaired) electrons. The van der Waals surface area contributed by atoms with Crippen LogP contribution in [0.3, 0.4) is 0 Å². The zero-order valence-corrected chi connectivity index (χ0v) is 42.5. The molecule has 6 atom stereocenters. The van der Waals surface area contributed by atoms with Gasteiger partial charge in [-0.15, -0.1) is 0 Å². The van der Waals surface area contributed by atoms with Crippen LogP contribution in [-0.2, 0) is 52.8 Å². The van der Waals surface area contributed by atoms with Gasteiger partial charge in [0.1, 0.15) is 41.9 Å². The molecule has 71 heavy (non-hydrogen) atoms. The Labute approximate surface area is 419 Å². The number of amides is 7. The number of ether oxygens (including phenoxy) is 1. The van der Waals surface area contributed by atoms with E-state index in [1.165, 1.54) is 28.6 Å². The van der Waals surface area contributed by atoms with E-state index in [9.17, 15) is 28.8 Å². The molecule has 1 fully saturated rings. The molecule has 0 spiro atoms. The van der Waals surface area contributed by atoms with Gasteiger partial charge in [-0.25, -0.2) is 4.79 Å². The molecule has 7 amide bonds. The van der Waals surface area contributed by atoms with Gasteiger partial charge in [0.25, 0.3) is 0 Å². The molecule has 1 aliphatic heterocycles. The van der Waals surface area contributed by atoms with E-state index >= 15 is 4.79 Å². The van der Waals surface area contributed by atoms with Crippen LogP contribution in [0.1, 0.15) is 77.0 Å². The first-order valence-electron chi connectivity index (χ1n) is 24.2. The summed E-state index contributed by atoms with van der Waals surface area (Å²) in [5.41, 5.74) is 8.69. The van der Waals surface area contributed by atoms with Gasteiger partial charge in [0.2, 0.25) is 35.4 Å².